The Kier molecular flexibility index (Phi) is 2.59. The lowest BCUT2D eigenvalue weighted by Gasteiger charge is -2.09. The molecule has 2 rings (SSSR count). The Bertz CT molecular complexity index is 492. The first kappa shape index (κ1) is 10.2. The SMILES string of the molecule is COC1=NC=C(C(N)=O)Nc2ccccc21. The number of primary amides is 1. The maximum atomic E-state index is 11.1. The Balaban J connectivity index is 2.52. The van der Waals surface area contributed by atoms with Gasteiger partial charge >= 0.3 is 0 Å². The maximum absolute atomic E-state index is 11.1. The molecule has 5 heteroatoms. The predicted octanol–water partition coefficient (Wildman–Crippen LogP) is 0.832. The van der Waals surface area contributed by atoms with Crippen LogP contribution >= 0.6 is 0 Å². The summed E-state index contributed by atoms with van der Waals surface area (Å²) in [4.78, 5) is 15.1. The zero-order valence-electron chi connectivity index (χ0n) is 8.73. The summed E-state index contributed by atoms with van der Waals surface area (Å²) in [6, 6.07) is 7.39. The van der Waals surface area contributed by atoms with Crippen molar-refractivity contribution in [1.82, 2.24) is 0 Å². The number of para-hydroxylation sites is 1. The van der Waals surface area contributed by atoms with Crippen LogP contribution in [0.1, 0.15) is 5.56 Å². The number of methoxy groups -OCH3 is 1. The third-order valence-electron chi connectivity index (χ3n) is 2.20. The third kappa shape index (κ3) is 1.75. The lowest BCUT2D eigenvalue weighted by molar-refractivity contribution is -0.114. The predicted molar refractivity (Wildman–Crippen MR) is 60.9 cm³/mol. The highest BCUT2D eigenvalue weighted by Crippen LogP contribution is 2.21. The van der Waals surface area contributed by atoms with Gasteiger partial charge in [-0.15, -0.1) is 0 Å². The number of carbonyl (C=O) groups is 1. The maximum Gasteiger partial charge on any atom is 0.266 e. The highest BCUT2D eigenvalue weighted by atomic mass is 16.5. The van der Waals surface area contributed by atoms with E-state index in [1.54, 1.807) is 0 Å². The Morgan fingerprint density at radius 1 is 1.44 bits per heavy atom. The summed E-state index contributed by atoms with van der Waals surface area (Å²) in [6.07, 6.45) is 1.36. The summed E-state index contributed by atoms with van der Waals surface area (Å²) >= 11 is 0. The zero-order chi connectivity index (χ0) is 11.5. The number of carbonyl (C=O) groups excluding carboxylic acids is 1. The largest absolute Gasteiger partial charge is 0.481 e. The molecule has 1 aliphatic rings. The van der Waals surface area contributed by atoms with Crippen LogP contribution in [0, 0.1) is 0 Å². The lowest BCUT2D eigenvalue weighted by atomic mass is 10.1. The summed E-state index contributed by atoms with van der Waals surface area (Å²) in [5, 5.41) is 2.92. The number of rotatable bonds is 1. The number of aliphatic imine (C=N–C) groups is 1. The standard InChI is InChI=1S/C11H11N3O2/c1-16-11-7-4-2-3-5-8(7)14-9(6-13-11)10(12)15/h2-6,14H,1H3,(H2,12,15). The first-order valence-corrected chi connectivity index (χ1v) is 4.70. The van der Waals surface area contributed by atoms with Crippen LogP contribution in [0.15, 0.2) is 41.2 Å². The normalized spacial score (nSPS) is 13.8. The molecule has 0 radical (unpaired) electrons. The number of ether oxygens (including phenoxy) is 1. The number of nitrogens with zero attached hydrogens (tertiary/aromatic N) is 1. The molecule has 0 saturated heterocycles. The molecule has 0 saturated carbocycles. The number of nitrogens with two attached hydrogens (primary N) is 1. The van der Waals surface area contributed by atoms with Crippen LogP contribution < -0.4 is 11.1 Å². The average molecular weight is 217 g/mol. The van der Waals surface area contributed by atoms with Crippen LogP contribution in [0.3, 0.4) is 0 Å². The Morgan fingerprint density at radius 2 is 2.19 bits per heavy atom. The molecule has 1 amide bonds. The molecule has 0 aromatic heterocycles. The van der Waals surface area contributed by atoms with Crippen LogP contribution in [-0.4, -0.2) is 18.9 Å². The fourth-order valence-corrected chi connectivity index (χ4v) is 1.44. The second-order valence-corrected chi connectivity index (χ2v) is 3.22. The molecule has 0 bridgehead atoms. The minimum Gasteiger partial charge on any atom is -0.481 e. The van der Waals surface area contributed by atoms with Crippen molar-refractivity contribution in [2.24, 2.45) is 10.7 Å². The van der Waals surface area contributed by atoms with Crippen LogP contribution in [-0.2, 0) is 9.53 Å². The van der Waals surface area contributed by atoms with Crippen molar-refractivity contribution in [1.29, 1.82) is 0 Å². The molecule has 5 nitrogen and oxygen atoms in total. The monoisotopic (exact) mass is 217 g/mol. The van der Waals surface area contributed by atoms with Gasteiger partial charge in [-0.2, -0.15) is 0 Å². The van der Waals surface area contributed by atoms with Crippen molar-refractivity contribution in [3.8, 4) is 0 Å². The Hall–Kier alpha value is -2.30. The van der Waals surface area contributed by atoms with E-state index in [1.165, 1.54) is 13.3 Å². The summed E-state index contributed by atoms with van der Waals surface area (Å²) < 4.78 is 5.14. The molecule has 1 aliphatic heterocycles. The topological polar surface area (TPSA) is 76.7 Å². The van der Waals surface area contributed by atoms with E-state index in [1.807, 2.05) is 24.3 Å². The quantitative estimate of drug-likeness (QED) is 0.731. The molecule has 0 spiro atoms. The van der Waals surface area contributed by atoms with Gasteiger partial charge in [0.15, 0.2) is 0 Å². The third-order valence-corrected chi connectivity index (χ3v) is 2.20. The zero-order valence-corrected chi connectivity index (χ0v) is 8.73. The minimum atomic E-state index is -0.559. The van der Waals surface area contributed by atoms with E-state index < -0.39 is 5.91 Å². The fourth-order valence-electron chi connectivity index (χ4n) is 1.44. The van der Waals surface area contributed by atoms with Gasteiger partial charge in [0.1, 0.15) is 5.70 Å². The Morgan fingerprint density at radius 3 is 2.88 bits per heavy atom. The number of fused-ring (bicyclic) bond motifs is 1. The van der Waals surface area contributed by atoms with Crippen molar-refractivity contribution in [2.45, 2.75) is 0 Å². The van der Waals surface area contributed by atoms with Gasteiger partial charge in [-0.05, 0) is 12.1 Å². The fraction of sp³-hybridized carbons (Fsp3) is 0.0909. The number of nitrogens with one attached hydrogen (secondary N) is 1. The summed E-state index contributed by atoms with van der Waals surface area (Å²) in [5.74, 6) is -0.116. The molecule has 1 aromatic carbocycles. The van der Waals surface area contributed by atoms with E-state index >= 15 is 0 Å². The molecule has 16 heavy (non-hydrogen) atoms. The lowest BCUT2D eigenvalue weighted by Crippen LogP contribution is -2.19. The second kappa shape index (κ2) is 4.06. The number of hydrogen-bond donors (Lipinski definition) is 2. The van der Waals surface area contributed by atoms with Gasteiger partial charge in [-0.1, -0.05) is 12.1 Å². The van der Waals surface area contributed by atoms with E-state index in [0.717, 1.165) is 11.3 Å². The molecule has 0 fully saturated rings. The average Bonchev–Trinajstić information content (AvgIpc) is 2.47. The molecule has 1 aromatic rings. The number of hydrogen-bond acceptors (Lipinski definition) is 4. The molecule has 0 atom stereocenters. The molecule has 3 N–H and O–H groups in total. The molecular formula is C11H11N3O2. The number of amides is 1. The molecule has 82 valence electrons. The van der Waals surface area contributed by atoms with Crippen LogP contribution in [0.4, 0.5) is 5.69 Å². The van der Waals surface area contributed by atoms with Gasteiger partial charge < -0.3 is 15.8 Å². The second-order valence-electron chi connectivity index (χ2n) is 3.22. The van der Waals surface area contributed by atoms with E-state index in [0.29, 0.717) is 5.90 Å². The van der Waals surface area contributed by atoms with E-state index in [2.05, 4.69) is 10.3 Å². The molecule has 0 aliphatic carbocycles. The van der Waals surface area contributed by atoms with Gasteiger partial charge in [0, 0.05) is 0 Å². The molecule has 1 heterocycles. The van der Waals surface area contributed by atoms with Crippen LogP contribution in [0.2, 0.25) is 0 Å². The van der Waals surface area contributed by atoms with Gasteiger partial charge in [0.05, 0.1) is 24.6 Å². The van der Waals surface area contributed by atoms with Gasteiger partial charge in [0.2, 0.25) is 5.90 Å². The molecular weight excluding hydrogens is 206 g/mol. The van der Waals surface area contributed by atoms with E-state index in [4.69, 9.17) is 10.5 Å². The number of anilines is 1. The first-order valence-electron chi connectivity index (χ1n) is 4.70. The Labute approximate surface area is 92.6 Å². The van der Waals surface area contributed by atoms with Crippen LogP contribution in [0.25, 0.3) is 0 Å². The van der Waals surface area contributed by atoms with E-state index in [9.17, 15) is 4.79 Å². The van der Waals surface area contributed by atoms with Gasteiger partial charge in [0.25, 0.3) is 5.91 Å². The van der Waals surface area contributed by atoms with Crippen molar-refractivity contribution in [2.75, 3.05) is 12.4 Å². The number of benzene rings is 1. The van der Waals surface area contributed by atoms with E-state index in [-0.39, 0.29) is 5.70 Å². The summed E-state index contributed by atoms with van der Waals surface area (Å²) in [7, 11) is 1.53. The smallest absolute Gasteiger partial charge is 0.266 e. The van der Waals surface area contributed by atoms with Gasteiger partial charge in [-0.25, -0.2) is 4.99 Å². The summed E-state index contributed by atoms with van der Waals surface area (Å²) in [6.45, 7) is 0. The van der Waals surface area contributed by atoms with Crippen molar-refractivity contribution in [3.63, 3.8) is 0 Å². The first-order chi connectivity index (χ1) is 7.72. The van der Waals surface area contributed by atoms with Crippen molar-refractivity contribution >= 4 is 17.5 Å². The van der Waals surface area contributed by atoms with Gasteiger partial charge in [-0.3, -0.25) is 4.79 Å². The van der Waals surface area contributed by atoms with Crippen molar-refractivity contribution < 1.29 is 9.53 Å². The van der Waals surface area contributed by atoms with Crippen molar-refractivity contribution in [3.05, 3.63) is 41.7 Å². The minimum absolute atomic E-state index is 0.236. The molecule has 0 unspecified atom stereocenters. The van der Waals surface area contributed by atoms with Crippen LogP contribution in [0.5, 0.6) is 0 Å². The highest BCUT2D eigenvalue weighted by Gasteiger charge is 2.15. The summed E-state index contributed by atoms with van der Waals surface area (Å²) in [5.41, 5.74) is 6.97. The highest BCUT2D eigenvalue weighted by molar-refractivity contribution is 6.04.